The number of hydrogen-bond donors (Lipinski definition) is 2. The minimum absolute atomic E-state index is 0.0105. The summed E-state index contributed by atoms with van der Waals surface area (Å²) >= 11 is 5.83. The van der Waals surface area contributed by atoms with Gasteiger partial charge in [-0.15, -0.1) is 0 Å². The van der Waals surface area contributed by atoms with E-state index in [1.165, 1.54) is 16.4 Å². The highest BCUT2D eigenvalue weighted by molar-refractivity contribution is 7.92. The van der Waals surface area contributed by atoms with Crippen molar-refractivity contribution in [3.63, 3.8) is 0 Å². The van der Waals surface area contributed by atoms with E-state index in [0.717, 1.165) is 17.5 Å². The van der Waals surface area contributed by atoms with Gasteiger partial charge in [0, 0.05) is 42.7 Å². The molecule has 0 saturated carbocycles. The van der Waals surface area contributed by atoms with Crippen LogP contribution in [0.4, 0.5) is 17.6 Å². The Morgan fingerprint density at radius 1 is 1.07 bits per heavy atom. The maximum atomic E-state index is 13.2. The van der Waals surface area contributed by atoms with Crippen LogP contribution in [-0.2, 0) is 21.0 Å². The zero-order valence-electron chi connectivity index (χ0n) is 25.1. The quantitative estimate of drug-likeness (QED) is 0.431. The molecule has 2 aromatic carbocycles. The highest BCUT2D eigenvalue weighted by atomic mass is 35.5. The van der Waals surface area contributed by atoms with Gasteiger partial charge in [0.25, 0.3) is 11.8 Å². The van der Waals surface area contributed by atoms with Crippen molar-refractivity contribution >= 4 is 45.4 Å². The van der Waals surface area contributed by atoms with E-state index in [4.69, 9.17) is 11.6 Å². The third-order valence-electron chi connectivity index (χ3n) is 8.92. The molecule has 0 aromatic heterocycles. The molecule has 0 aliphatic carbocycles. The molecule has 9 nitrogen and oxygen atoms in total. The van der Waals surface area contributed by atoms with Gasteiger partial charge < -0.3 is 15.3 Å². The average Bonchev–Trinajstić information content (AvgIpc) is 3.31. The topological polar surface area (TPSA) is 119 Å². The highest BCUT2D eigenvalue weighted by Crippen LogP contribution is 2.37. The third kappa shape index (κ3) is 6.71. The number of rotatable bonds is 6. The van der Waals surface area contributed by atoms with E-state index in [-0.39, 0.29) is 69.2 Å². The summed E-state index contributed by atoms with van der Waals surface area (Å²) in [5, 5.41) is 13.3. The molecule has 3 aliphatic rings. The molecule has 2 amide bonds. The molecule has 46 heavy (non-hydrogen) atoms. The third-order valence-corrected chi connectivity index (χ3v) is 10.8. The Kier molecular flexibility index (Phi) is 9.14. The molecule has 2 saturated heterocycles. The second-order valence-electron chi connectivity index (χ2n) is 12.1. The minimum Gasteiger partial charge on any atom is -0.387 e. The Morgan fingerprint density at radius 2 is 1.67 bits per heavy atom. The van der Waals surface area contributed by atoms with Gasteiger partial charge in [-0.1, -0.05) is 17.7 Å². The summed E-state index contributed by atoms with van der Waals surface area (Å²) in [5.74, 6) is -0.637. The summed E-state index contributed by atoms with van der Waals surface area (Å²) in [7, 11) is -3.91. The molecular formula is C31H33ClF4N4O5S. The molecule has 0 atom stereocenters. The molecule has 2 aromatic rings. The van der Waals surface area contributed by atoms with Gasteiger partial charge in [0.05, 0.1) is 16.2 Å². The van der Waals surface area contributed by atoms with Crippen LogP contribution in [-0.4, -0.2) is 84.4 Å². The number of aliphatic hydroxyl groups is 1. The van der Waals surface area contributed by atoms with Crippen molar-refractivity contribution in [2.45, 2.75) is 56.8 Å². The number of benzene rings is 2. The number of hydrogen-bond acceptors (Lipinski definition) is 6. The SMILES string of the molecule is Cc1cc(C(=O)N2CCC(O)(CF)CC2)cc(C)c1/C=C/S(=O)(=O)N1CCC2(CC1)N=C(c1ccc(C(F)(F)F)c(Cl)c1)NC2=O. The monoisotopic (exact) mass is 684 g/mol. The van der Waals surface area contributed by atoms with E-state index < -0.39 is 50.5 Å². The maximum absolute atomic E-state index is 13.2. The van der Waals surface area contributed by atoms with E-state index in [2.05, 4.69) is 10.3 Å². The Bertz CT molecular complexity index is 1710. The molecule has 5 rings (SSSR count). The summed E-state index contributed by atoms with van der Waals surface area (Å²) < 4.78 is 80.1. The van der Waals surface area contributed by atoms with Gasteiger partial charge in [-0.2, -0.15) is 17.5 Å². The number of aliphatic imine (C=N–C) groups is 1. The number of halogens is 5. The number of carbonyl (C=O) groups excluding carboxylic acids is 2. The van der Waals surface area contributed by atoms with Crippen molar-refractivity contribution in [1.29, 1.82) is 0 Å². The predicted octanol–water partition coefficient (Wildman–Crippen LogP) is 4.62. The number of sulfonamides is 1. The number of nitrogens with zero attached hydrogens (tertiary/aromatic N) is 3. The van der Waals surface area contributed by atoms with Crippen molar-refractivity contribution < 1.29 is 40.7 Å². The van der Waals surface area contributed by atoms with Crippen molar-refractivity contribution in [2.75, 3.05) is 32.9 Å². The lowest BCUT2D eigenvalue weighted by atomic mass is 9.89. The van der Waals surface area contributed by atoms with Crippen molar-refractivity contribution in [3.8, 4) is 0 Å². The molecule has 0 unspecified atom stereocenters. The van der Waals surface area contributed by atoms with Crippen LogP contribution in [0.5, 0.6) is 0 Å². The van der Waals surface area contributed by atoms with Gasteiger partial charge >= 0.3 is 6.18 Å². The number of amides is 2. The minimum atomic E-state index is -4.63. The van der Waals surface area contributed by atoms with Gasteiger partial charge in [0.2, 0.25) is 10.0 Å². The van der Waals surface area contributed by atoms with Crippen LogP contribution in [0.1, 0.15) is 63.9 Å². The first-order valence-corrected chi connectivity index (χ1v) is 16.5. The van der Waals surface area contributed by atoms with Gasteiger partial charge in [-0.25, -0.2) is 12.8 Å². The number of likely N-dealkylation sites (tertiary alicyclic amines) is 1. The molecule has 0 bridgehead atoms. The van der Waals surface area contributed by atoms with Crippen molar-refractivity contribution in [3.05, 3.63) is 74.1 Å². The zero-order chi connectivity index (χ0) is 33.7. The van der Waals surface area contributed by atoms with Crippen molar-refractivity contribution in [1.82, 2.24) is 14.5 Å². The van der Waals surface area contributed by atoms with Crippen LogP contribution in [0.2, 0.25) is 5.02 Å². The fraction of sp³-hybridized carbons (Fsp3) is 0.452. The number of piperidine rings is 2. The Balaban J connectivity index is 1.25. The molecule has 1 spiro atoms. The summed E-state index contributed by atoms with van der Waals surface area (Å²) in [4.78, 5) is 32.1. The Labute approximate surface area is 269 Å². The van der Waals surface area contributed by atoms with E-state index in [0.29, 0.717) is 22.3 Å². The van der Waals surface area contributed by atoms with Crippen LogP contribution in [0.15, 0.2) is 40.7 Å². The number of amidine groups is 1. The summed E-state index contributed by atoms with van der Waals surface area (Å²) in [6.45, 7) is 3.10. The Hall–Kier alpha value is -3.33. The zero-order valence-corrected chi connectivity index (χ0v) is 26.7. The standard InChI is InChI=1S/C31H33ClF4N4O5S/c1-19-15-22(27(41)39-10-6-29(43,18-33)7-11-39)16-20(2)23(19)5-14-46(44,45)40-12-8-30(9-13-40)28(42)37-26(38-30)21-3-4-24(25(32)17-21)31(34,35)36/h3-5,14-17,43H,6-13,18H2,1-2H3,(H,37,38,42)/b14-5+. The largest absolute Gasteiger partial charge is 0.417 e. The molecule has 248 valence electrons. The maximum Gasteiger partial charge on any atom is 0.417 e. The first-order valence-electron chi connectivity index (χ1n) is 14.6. The summed E-state index contributed by atoms with van der Waals surface area (Å²) in [6.07, 6.45) is -2.74. The molecular weight excluding hydrogens is 652 g/mol. The van der Waals surface area contributed by atoms with Gasteiger partial charge in [0.1, 0.15) is 18.0 Å². The van der Waals surface area contributed by atoms with Crippen molar-refractivity contribution in [2.24, 2.45) is 4.99 Å². The lowest BCUT2D eigenvalue weighted by molar-refractivity contribution is -0.137. The Morgan fingerprint density at radius 3 is 2.22 bits per heavy atom. The fourth-order valence-electron chi connectivity index (χ4n) is 6.04. The lowest BCUT2D eigenvalue weighted by Crippen LogP contribution is -2.50. The molecule has 3 heterocycles. The second-order valence-corrected chi connectivity index (χ2v) is 14.3. The number of aryl methyl sites for hydroxylation is 2. The predicted molar refractivity (Wildman–Crippen MR) is 165 cm³/mol. The molecule has 3 aliphatic heterocycles. The van der Waals surface area contributed by atoms with Crippen LogP contribution in [0.3, 0.4) is 0 Å². The second kappa shape index (κ2) is 12.4. The van der Waals surface area contributed by atoms with Crippen LogP contribution >= 0.6 is 11.6 Å². The fourth-order valence-corrected chi connectivity index (χ4v) is 7.50. The van der Waals surface area contributed by atoms with Gasteiger partial charge in [0.15, 0.2) is 0 Å². The first-order chi connectivity index (χ1) is 21.5. The van der Waals surface area contributed by atoms with Crippen LogP contribution in [0, 0.1) is 13.8 Å². The normalized spacial score (nSPS) is 20.3. The first kappa shape index (κ1) is 34.0. The van der Waals surface area contributed by atoms with E-state index >= 15 is 0 Å². The van der Waals surface area contributed by atoms with E-state index in [9.17, 15) is 40.7 Å². The molecule has 2 N–H and O–H groups in total. The summed E-state index contributed by atoms with van der Waals surface area (Å²) in [6, 6.07) is 6.41. The van der Waals surface area contributed by atoms with Gasteiger partial charge in [-0.05, 0) is 86.6 Å². The smallest absolute Gasteiger partial charge is 0.387 e. The van der Waals surface area contributed by atoms with Gasteiger partial charge in [-0.3, -0.25) is 14.6 Å². The number of alkyl halides is 4. The molecule has 0 radical (unpaired) electrons. The lowest BCUT2D eigenvalue weighted by Gasteiger charge is -2.36. The number of carbonyl (C=O) groups is 2. The summed E-state index contributed by atoms with van der Waals surface area (Å²) in [5.41, 5.74) is -1.06. The number of nitrogens with one attached hydrogen (secondary N) is 1. The van der Waals surface area contributed by atoms with Crippen LogP contribution in [0.25, 0.3) is 6.08 Å². The average molecular weight is 685 g/mol. The molecule has 15 heteroatoms. The highest BCUT2D eigenvalue weighted by Gasteiger charge is 2.47. The van der Waals surface area contributed by atoms with Crippen LogP contribution < -0.4 is 5.32 Å². The van der Waals surface area contributed by atoms with E-state index in [1.54, 1.807) is 30.9 Å². The molecule has 2 fully saturated rings. The van der Waals surface area contributed by atoms with E-state index in [1.807, 2.05) is 0 Å².